The van der Waals surface area contributed by atoms with E-state index in [0.717, 1.165) is 4.40 Å². The molecule has 0 aromatic carbocycles. The van der Waals surface area contributed by atoms with Crippen molar-refractivity contribution < 1.29 is 9.72 Å². The van der Waals surface area contributed by atoms with Crippen molar-refractivity contribution in [1.82, 2.24) is 14.3 Å². The number of aromatic nitrogens is 2. The van der Waals surface area contributed by atoms with Crippen molar-refractivity contribution in [3.05, 3.63) is 44.9 Å². The molecule has 0 radical (unpaired) electrons. The Hall–Kier alpha value is -2.97. The van der Waals surface area contributed by atoms with Crippen LogP contribution >= 0.6 is 0 Å². The average Bonchev–Trinajstić information content (AvgIpc) is 3.02. The van der Waals surface area contributed by atoms with Gasteiger partial charge in [0.15, 0.2) is 0 Å². The molecule has 2 aromatic heterocycles. The van der Waals surface area contributed by atoms with Gasteiger partial charge < -0.3 is 10.2 Å². The van der Waals surface area contributed by atoms with Crippen LogP contribution in [0.5, 0.6) is 0 Å². The maximum atomic E-state index is 12.4. The first-order valence-corrected chi connectivity index (χ1v) is 7.71. The van der Waals surface area contributed by atoms with Gasteiger partial charge in [0.1, 0.15) is 5.65 Å². The number of nitro groups is 1. The Kier molecular flexibility index (Phi) is 4.15. The van der Waals surface area contributed by atoms with Crippen molar-refractivity contribution in [3.8, 4) is 0 Å². The molecule has 3 heterocycles. The van der Waals surface area contributed by atoms with Crippen molar-refractivity contribution in [2.75, 3.05) is 18.4 Å². The van der Waals surface area contributed by atoms with E-state index in [4.69, 9.17) is 0 Å². The summed E-state index contributed by atoms with van der Waals surface area (Å²) in [5.74, 6) is -0.00710. The van der Waals surface area contributed by atoms with Crippen molar-refractivity contribution >= 4 is 23.1 Å². The molecule has 1 atom stereocenters. The van der Waals surface area contributed by atoms with Crippen LogP contribution in [-0.4, -0.2) is 44.2 Å². The Labute approximate surface area is 137 Å². The molecule has 1 aliphatic rings. The van der Waals surface area contributed by atoms with Gasteiger partial charge in [0.2, 0.25) is 11.7 Å². The summed E-state index contributed by atoms with van der Waals surface area (Å²) >= 11 is 0. The molecule has 1 unspecified atom stereocenters. The summed E-state index contributed by atoms with van der Waals surface area (Å²) in [6, 6.07) is 4.75. The molecule has 0 spiro atoms. The highest BCUT2D eigenvalue weighted by Crippen LogP contribution is 2.22. The van der Waals surface area contributed by atoms with E-state index in [1.165, 1.54) is 6.20 Å². The second kappa shape index (κ2) is 6.26. The molecule has 1 aliphatic heterocycles. The van der Waals surface area contributed by atoms with E-state index < -0.39 is 16.2 Å². The second-order valence-electron chi connectivity index (χ2n) is 5.62. The van der Waals surface area contributed by atoms with E-state index in [-0.39, 0.29) is 17.8 Å². The Balaban J connectivity index is 1.95. The van der Waals surface area contributed by atoms with Crippen molar-refractivity contribution in [1.29, 1.82) is 0 Å². The number of nitrogens with zero attached hydrogens (tertiary/aromatic N) is 4. The molecule has 2 aromatic rings. The third kappa shape index (κ3) is 2.80. The number of rotatable bonds is 4. The van der Waals surface area contributed by atoms with Gasteiger partial charge in [-0.3, -0.25) is 24.1 Å². The molecule has 0 saturated carbocycles. The largest absolute Gasteiger partial charge is 0.376 e. The summed E-state index contributed by atoms with van der Waals surface area (Å²) in [4.78, 5) is 40.6. The quantitative estimate of drug-likeness (QED) is 0.662. The third-order valence-corrected chi connectivity index (χ3v) is 4.08. The number of hydrogen-bond acceptors (Lipinski definition) is 6. The van der Waals surface area contributed by atoms with Crippen molar-refractivity contribution in [2.45, 2.75) is 25.8 Å². The van der Waals surface area contributed by atoms with E-state index in [9.17, 15) is 19.7 Å². The summed E-state index contributed by atoms with van der Waals surface area (Å²) in [6.45, 7) is 2.82. The van der Waals surface area contributed by atoms with Gasteiger partial charge in [-0.2, -0.15) is 0 Å². The normalized spacial score (nSPS) is 17.2. The fourth-order valence-corrected chi connectivity index (χ4v) is 2.87. The number of amides is 1. The molecule has 0 bridgehead atoms. The molecule has 9 heteroatoms. The molecule has 24 heavy (non-hydrogen) atoms. The van der Waals surface area contributed by atoms with Gasteiger partial charge in [-0.05, 0) is 18.6 Å². The van der Waals surface area contributed by atoms with Crippen LogP contribution in [0.4, 0.5) is 11.5 Å². The summed E-state index contributed by atoms with van der Waals surface area (Å²) in [5.41, 5.74) is -0.985. The number of nitrogens with one attached hydrogen (secondary N) is 1. The maximum absolute atomic E-state index is 12.4. The van der Waals surface area contributed by atoms with Gasteiger partial charge in [-0.15, -0.1) is 0 Å². The molecular weight excluding hydrogens is 314 g/mol. The lowest BCUT2D eigenvalue weighted by Gasteiger charge is -2.16. The second-order valence-corrected chi connectivity index (χ2v) is 5.62. The van der Waals surface area contributed by atoms with Crippen LogP contribution in [-0.2, 0) is 4.79 Å². The average molecular weight is 331 g/mol. The fraction of sp³-hybridized carbons (Fsp3) is 0.400. The van der Waals surface area contributed by atoms with E-state index in [0.29, 0.717) is 31.6 Å². The molecule has 9 nitrogen and oxygen atoms in total. The third-order valence-electron chi connectivity index (χ3n) is 4.08. The Morgan fingerprint density at radius 2 is 2.29 bits per heavy atom. The van der Waals surface area contributed by atoms with E-state index >= 15 is 0 Å². The van der Waals surface area contributed by atoms with Gasteiger partial charge >= 0.3 is 11.2 Å². The van der Waals surface area contributed by atoms with E-state index in [1.807, 2.05) is 0 Å². The summed E-state index contributed by atoms with van der Waals surface area (Å²) in [5, 5.41) is 14.3. The molecule has 1 amide bonds. The minimum absolute atomic E-state index is 0.0420. The van der Waals surface area contributed by atoms with Gasteiger partial charge in [0.05, 0.1) is 4.92 Å². The standard InChI is InChI=1S/C15H17N5O4/c1-2-12(21)18-8-6-10(9-18)16-14-13(20(23)24)15(22)19-7-4-3-5-11(19)17-14/h3-5,7,10,16H,2,6,8-9H2,1H3. The highest BCUT2D eigenvalue weighted by Gasteiger charge is 2.30. The van der Waals surface area contributed by atoms with Gasteiger partial charge in [-0.25, -0.2) is 4.98 Å². The monoisotopic (exact) mass is 331 g/mol. The van der Waals surface area contributed by atoms with Crippen molar-refractivity contribution in [3.63, 3.8) is 0 Å². The first-order chi connectivity index (χ1) is 11.5. The lowest BCUT2D eigenvalue weighted by Crippen LogP contribution is -2.32. The van der Waals surface area contributed by atoms with Crippen molar-refractivity contribution in [2.24, 2.45) is 0 Å². The highest BCUT2D eigenvalue weighted by atomic mass is 16.6. The summed E-state index contributed by atoms with van der Waals surface area (Å²) < 4.78 is 1.14. The zero-order valence-electron chi connectivity index (χ0n) is 13.1. The van der Waals surface area contributed by atoms with Gasteiger partial charge in [0.25, 0.3) is 0 Å². The number of pyridine rings is 1. The molecule has 0 aliphatic carbocycles. The topological polar surface area (TPSA) is 110 Å². The minimum Gasteiger partial charge on any atom is -0.360 e. The molecule has 1 saturated heterocycles. The molecule has 3 rings (SSSR count). The predicted octanol–water partition coefficient (Wildman–Crippen LogP) is 1.03. The van der Waals surface area contributed by atoms with Crippen LogP contribution in [0.25, 0.3) is 5.65 Å². The van der Waals surface area contributed by atoms with Crippen LogP contribution in [0.1, 0.15) is 19.8 Å². The van der Waals surface area contributed by atoms with Crippen LogP contribution in [0.3, 0.4) is 0 Å². The fourth-order valence-electron chi connectivity index (χ4n) is 2.87. The van der Waals surface area contributed by atoms with Crippen LogP contribution in [0.2, 0.25) is 0 Å². The Bertz CT molecular complexity index is 863. The minimum atomic E-state index is -0.729. The first kappa shape index (κ1) is 15.9. The van der Waals surface area contributed by atoms with Crippen LogP contribution in [0.15, 0.2) is 29.2 Å². The molecule has 1 N–H and O–H groups in total. The van der Waals surface area contributed by atoms with E-state index in [2.05, 4.69) is 10.3 Å². The molecule has 1 fully saturated rings. The maximum Gasteiger partial charge on any atom is 0.376 e. The number of fused-ring (bicyclic) bond motifs is 1. The molecule has 126 valence electrons. The zero-order valence-corrected chi connectivity index (χ0v) is 13.1. The predicted molar refractivity (Wildman–Crippen MR) is 87.0 cm³/mol. The van der Waals surface area contributed by atoms with Crippen LogP contribution in [0, 0.1) is 10.1 Å². The smallest absolute Gasteiger partial charge is 0.360 e. The molecular formula is C15H17N5O4. The lowest BCUT2D eigenvalue weighted by molar-refractivity contribution is -0.385. The van der Waals surface area contributed by atoms with Gasteiger partial charge in [-0.1, -0.05) is 13.0 Å². The first-order valence-electron chi connectivity index (χ1n) is 7.71. The number of likely N-dealkylation sites (tertiary alicyclic amines) is 1. The van der Waals surface area contributed by atoms with E-state index in [1.54, 1.807) is 30.0 Å². The Morgan fingerprint density at radius 1 is 1.50 bits per heavy atom. The zero-order chi connectivity index (χ0) is 17.3. The number of carbonyl (C=O) groups is 1. The summed E-state index contributed by atoms with van der Waals surface area (Å²) in [7, 11) is 0. The summed E-state index contributed by atoms with van der Waals surface area (Å²) in [6.07, 6.45) is 2.51. The number of hydrogen-bond donors (Lipinski definition) is 1. The number of anilines is 1. The number of carbonyl (C=O) groups excluding carboxylic acids is 1. The Morgan fingerprint density at radius 3 is 3.00 bits per heavy atom. The van der Waals surface area contributed by atoms with Gasteiger partial charge in [0, 0.05) is 31.7 Å². The highest BCUT2D eigenvalue weighted by molar-refractivity contribution is 5.76. The lowest BCUT2D eigenvalue weighted by atomic mass is 10.2. The van der Waals surface area contributed by atoms with Crippen LogP contribution < -0.4 is 10.9 Å². The SMILES string of the molecule is CCC(=O)N1CCC(Nc2nc3ccccn3c(=O)c2[N+](=O)[O-])C1.